The predicted octanol–water partition coefficient (Wildman–Crippen LogP) is 1.36. The van der Waals surface area contributed by atoms with E-state index in [0.29, 0.717) is 10.7 Å². The average Bonchev–Trinajstić information content (AvgIpc) is 1.65. The summed E-state index contributed by atoms with van der Waals surface area (Å²) in [6, 6.07) is 0. The lowest BCUT2D eigenvalue weighted by molar-refractivity contribution is 0.622. The molecule has 0 bridgehead atoms. The molecule has 0 radical (unpaired) electrons. The molecule has 0 saturated heterocycles. The van der Waals surface area contributed by atoms with E-state index in [4.69, 9.17) is 5.73 Å². The van der Waals surface area contributed by atoms with E-state index in [0.717, 1.165) is 6.54 Å². The van der Waals surface area contributed by atoms with Gasteiger partial charge in [-0.25, -0.2) is 0 Å². The summed E-state index contributed by atoms with van der Waals surface area (Å²) in [7, 11) is 0. The molecule has 0 unspecified atom stereocenters. The van der Waals surface area contributed by atoms with Gasteiger partial charge >= 0.3 is 0 Å². The molecule has 1 nitrogen and oxygen atoms in total. The van der Waals surface area contributed by atoms with Crippen molar-refractivity contribution in [3.05, 3.63) is 0 Å². The molecule has 0 fully saturated rings. The van der Waals surface area contributed by atoms with Gasteiger partial charge in [0.05, 0.1) is 0 Å². The van der Waals surface area contributed by atoms with Gasteiger partial charge in [-0.05, 0) is 5.92 Å². The third-order valence-electron chi connectivity index (χ3n) is 0.949. The van der Waals surface area contributed by atoms with Gasteiger partial charge in [0.15, 0.2) is 0 Å². The van der Waals surface area contributed by atoms with Crippen LogP contribution in [0.5, 0.6) is 0 Å². The second-order valence-corrected chi connectivity index (χ2v) is 3.17. The van der Waals surface area contributed by atoms with Crippen molar-refractivity contribution in [1.82, 2.24) is 0 Å². The molecule has 0 aromatic heterocycles. The fraction of sp³-hybridized carbons (Fsp3) is 1.00. The Morgan fingerprint density at radius 1 is 1.57 bits per heavy atom. The summed E-state index contributed by atoms with van der Waals surface area (Å²) in [6.45, 7) is 5.02. The molecule has 0 heterocycles. The third-order valence-corrected chi connectivity index (χ3v) is 2.38. The van der Waals surface area contributed by atoms with Crippen molar-refractivity contribution in [2.45, 2.75) is 18.7 Å². The highest BCUT2D eigenvalue weighted by Gasteiger charge is 2.03. The molecule has 0 aromatic rings. The lowest BCUT2D eigenvalue weighted by atomic mass is 10.1. The standard InChI is InChI=1S/C5H12BrN/c1-4(2)5(6)3-7/h4-5H,3,7H2,1-2H3/t5-/m0/s1. The second-order valence-electron chi connectivity index (χ2n) is 2.00. The fourth-order valence-electron chi connectivity index (χ4n) is 0.272. The second kappa shape index (κ2) is 3.44. The Labute approximate surface area is 53.4 Å². The van der Waals surface area contributed by atoms with Crippen LogP contribution < -0.4 is 5.73 Å². The summed E-state index contributed by atoms with van der Waals surface area (Å²) in [5.74, 6) is 0.657. The first-order chi connectivity index (χ1) is 3.18. The van der Waals surface area contributed by atoms with Crippen LogP contribution in [0.15, 0.2) is 0 Å². The van der Waals surface area contributed by atoms with Gasteiger partial charge in [0, 0.05) is 11.4 Å². The Hall–Kier alpha value is 0.440. The molecule has 7 heavy (non-hydrogen) atoms. The first kappa shape index (κ1) is 7.44. The maximum atomic E-state index is 5.33. The number of rotatable bonds is 2. The topological polar surface area (TPSA) is 26.0 Å². The van der Waals surface area contributed by atoms with Crippen LogP contribution in [0.3, 0.4) is 0 Å². The molecule has 0 saturated carbocycles. The number of hydrogen-bond donors (Lipinski definition) is 1. The zero-order valence-corrected chi connectivity index (χ0v) is 6.40. The quantitative estimate of drug-likeness (QED) is 0.616. The minimum atomic E-state index is 0.493. The van der Waals surface area contributed by atoms with Crippen LogP contribution in [0.2, 0.25) is 0 Å². The zero-order chi connectivity index (χ0) is 5.86. The molecule has 0 aromatic carbocycles. The van der Waals surface area contributed by atoms with Gasteiger partial charge in [-0.3, -0.25) is 0 Å². The van der Waals surface area contributed by atoms with E-state index < -0.39 is 0 Å². The van der Waals surface area contributed by atoms with Crippen molar-refractivity contribution in [1.29, 1.82) is 0 Å². The largest absolute Gasteiger partial charge is 0.329 e. The van der Waals surface area contributed by atoms with Crippen molar-refractivity contribution >= 4 is 15.9 Å². The Balaban J connectivity index is 3.14. The van der Waals surface area contributed by atoms with Crippen LogP contribution in [0.4, 0.5) is 0 Å². The maximum Gasteiger partial charge on any atom is 0.0291 e. The number of halogens is 1. The molecule has 0 rings (SSSR count). The normalized spacial score (nSPS) is 15.0. The van der Waals surface area contributed by atoms with Gasteiger partial charge < -0.3 is 5.73 Å². The van der Waals surface area contributed by atoms with Crippen LogP contribution in [0, 0.1) is 5.92 Å². The van der Waals surface area contributed by atoms with Crippen LogP contribution in [0.1, 0.15) is 13.8 Å². The Bertz CT molecular complexity index is 45.3. The van der Waals surface area contributed by atoms with E-state index in [1.54, 1.807) is 0 Å². The Morgan fingerprint density at radius 3 is 2.00 bits per heavy atom. The SMILES string of the molecule is CC(C)[C@@H](Br)CN. The van der Waals surface area contributed by atoms with Gasteiger partial charge in [-0.15, -0.1) is 0 Å². The molecule has 1 atom stereocenters. The minimum absolute atomic E-state index is 0.493. The highest BCUT2D eigenvalue weighted by Crippen LogP contribution is 2.08. The highest BCUT2D eigenvalue weighted by molar-refractivity contribution is 9.09. The summed E-state index contributed by atoms with van der Waals surface area (Å²) < 4.78 is 0. The van der Waals surface area contributed by atoms with Crippen molar-refractivity contribution in [2.75, 3.05) is 6.54 Å². The van der Waals surface area contributed by atoms with Crippen molar-refractivity contribution in [3.8, 4) is 0 Å². The molecule has 0 aliphatic rings. The van der Waals surface area contributed by atoms with E-state index in [1.165, 1.54) is 0 Å². The summed E-state index contributed by atoms with van der Waals surface area (Å²) in [6.07, 6.45) is 0. The molecule has 0 spiro atoms. The molecule has 0 amide bonds. The number of alkyl halides is 1. The highest BCUT2D eigenvalue weighted by atomic mass is 79.9. The first-order valence-corrected chi connectivity index (χ1v) is 3.44. The van der Waals surface area contributed by atoms with Gasteiger partial charge in [0.1, 0.15) is 0 Å². The van der Waals surface area contributed by atoms with Crippen molar-refractivity contribution in [3.63, 3.8) is 0 Å². The smallest absolute Gasteiger partial charge is 0.0291 e. The van der Waals surface area contributed by atoms with Crippen LogP contribution >= 0.6 is 15.9 Å². The van der Waals surface area contributed by atoms with Crippen molar-refractivity contribution in [2.24, 2.45) is 11.7 Å². The van der Waals surface area contributed by atoms with Gasteiger partial charge in [0.25, 0.3) is 0 Å². The van der Waals surface area contributed by atoms with E-state index in [2.05, 4.69) is 29.8 Å². The molecule has 2 N–H and O–H groups in total. The molecular weight excluding hydrogens is 154 g/mol. The average molecular weight is 166 g/mol. The van der Waals surface area contributed by atoms with E-state index in [-0.39, 0.29) is 0 Å². The Morgan fingerprint density at radius 2 is 2.00 bits per heavy atom. The molecule has 44 valence electrons. The first-order valence-electron chi connectivity index (χ1n) is 2.52. The van der Waals surface area contributed by atoms with E-state index in [9.17, 15) is 0 Å². The third kappa shape index (κ3) is 3.06. The van der Waals surface area contributed by atoms with E-state index in [1.807, 2.05) is 0 Å². The van der Waals surface area contributed by atoms with Gasteiger partial charge in [-0.1, -0.05) is 29.8 Å². The zero-order valence-electron chi connectivity index (χ0n) is 4.82. The summed E-state index contributed by atoms with van der Waals surface area (Å²) >= 11 is 3.42. The van der Waals surface area contributed by atoms with Crippen LogP contribution in [0.25, 0.3) is 0 Å². The van der Waals surface area contributed by atoms with Crippen molar-refractivity contribution < 1.29 is 0 Å². The number of hydrogen-bond acceptors (Lipinski definition) is 1. The minimum Gasteiger partial charge on any atom is -0.329 e. The molecule has 2 heteroatoms. The van der Waals surface area contributed by atoms with Gasteiger partial charge in [0.2, 0.25) is 0 Å². The molecule has 0 aliphatic carbocycles. The van der Waals surface area contributed by atoms with Crippen LogP contribution in [-0.2, 0) is 0 Å². The van der Waals surface area contributed by atoms with E-state index >= 15 is 0 Å². The molecular formula is C5H12BrN. The van der Waals surface area contributed by atoms with Crippen LogP contribution in [-0.4, -0.2) is 11.4 Å². The lowest BCUT2D eigenvalue weighted by Gasteiger charge is -2.08. The van der Waals surface area contributed by atoms with Gasteiger partial charge in [-0.2, -0.15) is 0 Å². The lowest BCUT2D eigenvalue weighted by Crippen LogP contribution is -2.18. The summed E-state index contributed by atoms with van der Waals surface area (Å²) in [5, 5.41) is 0. The summed E-state index contributed by atoms with van der Waals surface area (Å²) in [4.78, 5) is 0.493. The summed E-state index contributed by atoms with van der Waals surface area (Å²) in [5.41, 5.74) is 5.33. The monoisotopic (exact) mass is 165 g/mol. The molecule has 0 aliphatic heterocycles. The Kier molecular flexibility index (Phi) is 3.66. The number of nitrogens with two attached hydrogens (primary N) is 1. The maximum absolute atomic E-state index is 5.33. The predicted molar refractivity (Wildman–Crippen MR) is 36.6 cm³/mol. The fourth-order valence-corrected chi connectivity index (χ4v) is 0.272.